The van der Waals surface area contributed by atoms with Crippen LogP contribution in [0.15, 0.2) is 18.7 Å². The third kappa shape index (κ3) is 1.22. The number of aromatic nitrogens is 2. The highest BCUT2D eigenvalue weighted by Crippen LogP contribution is 1.90. The molecule has 4 nitrogen and oxygen atoms in total. The van der Waals surface area contributed by atoms with E-state index >= 15 is 0 Å². The Kier molecular flexibility index (Phi) is 1.82. The number of carbonyl (C=O) groups excluding carboxylic acids is 1. The third-order valence-electron chi connectivity index (χ3n) is 1.12. The number of aliphatic hydroxyl groups is 1. The van der Waals surface area contributed by atoms with E-state index in [-0.39, 0.29) is 5.91 Å². The standard InChI is InChI=1S/C6H8N2O2/c1-5(9)6(10)8-3-2-7-4-8/h2-5,9H,1H3. The maximum atomic E-state index is 10.9. The summed E-state index contributed by atoms with van der Waals surface area (Å²) in [4.78, 5) is 14.5. The van der Waals surface area contributed by atoms with E-state index in [1.807, 2.05) is 0 Å². The highest BCUT2D eigenvalue weighted by Gasteiger charge is 2.09. The zero-order valence-corrected chi connectivity index (χ0v) is 5.56. The fourth-order valence-electron chi connectivity index (χ4n) is 0.605. The van der Waals surface area contributed by atoms with Crippen molar-refractivity contribution in [2.75, 3.05) is 0 Å². The maximum Gasteiger partial charge on any atom is 0.260 e. The molecule has 0 aliphatic rings. The number of carbonyl (C=O) groups is 1. The van der Waals surface area contributed by atoms with Crippen molar-refractivity contribution >= 4 is 5.91 Å². The zero-order valence-electron chi connectivity index (χ0n) is 5.56. The summed E-state index contributed by atoms with van der Waals surface area (Å²) in [6.45, 7) is 1.42. The SMILES string of the molecule is CC(O)C(=O)n1ccnc1. The summed E-state index contributed by atoms with van der Waals surface area (Å²) in [5, 5.41) is 8.79. The number of hydrogen-bond donors (Lipinski definition) is 1. The van der Waals surface area contributed by atoms with Gasteiger partial charge in [-0.2, -0.15) is 0 Å². The molecule has 1 unspecified atom stereocenters. The first-order valence-electron chi connectivity index (χ1n) is 2.92. The summed E-state index contributed by atoms with van der Waals surface area (Å²) in [5.41, 5.74) is 0. The van der Waals surface area contributed by atoms with Crippen molar-refractivity contribution in [2.45, 2.75) is 13.0 Å². The van der Waals surface area contributed by atoms with E-state index in [9.17, 15) is 4.79 Å². The van der Waals surface area contributed by atoms with Gasteiger partial charge in [-0.15, -0.1) is 0 Å². The number of imidazole rings is 1. The molecule has 0 saturated carbocycles. The van der Waals surface area contributed by atoms with Gasteiger partial charge in [0, 0.05) is 12.4 Å². The van der Waals surface area contributed by atoms with Gasteiger partial charge in [-0.25, -0.2) is 4.98 Å². The summed E-state index contributed by atoms with van der Waals surface area (Å²) in [5.74, 6) is -0.363. The van der Waals surface area contributed by atoms with Crippen molar-refractivity contribution in [3.63, 3.8) is 0 Å². The van der Waals surface area contributed by atoms with Gasteiger partial charge in [-0.05, 0) is 6.92 Å². The van der Waals surface area contributed by atoms with Crippen LogP contribution in [0.2, 0.25) is 0 Å². The van der Waals surface area contributed by atoms with Gasteiger partial charge < -0.3 is 5.11 Å². The Morgan fingerprint density at radius 2 is 2.50 bits per heavy atom. The highest BCUT2D eigenvalue weighted by molar-refractivity contribution is 5.82. The van der Waals surface area contributed by atoms with Crippen molar-refractivity contribution in [1.29, 1.82) is 0 Å². The van der Waals surface area contributed by atoms with Gasteiger partial charge in [0.25, 0.3) is 5.91 Å². The van der Waals surface area contributed by atoms with Crippen LogP contribution in [0.5, 0.6) is 0 Å². The lowest BCUT2D eigenvalue weighted by molar-refractivity contribution is 0.0687. The average molecular weight is 140 g/mol. The molecule has 0 fully saturated rings. The molecule has 1 aromatic heterocycles. The first-order chi connectivity index (χ1) is 4.72. The molecular weight excluding hydrogens is 132 g/mol. The second-order valence-electron chi connectivity index (χ2n) is 1.98. The minimum absolute atomic E-state index is 0.363. The molecule has 0 amide bonds. The van der Waals surface area contributed by atoms with Crippen LogP contribution in [0.25, 0.3) is 0 Å². The monoisotopic (exact) mass is 140 g/mol. The van der Waals surface area contributed by atoms with Crippen molar-refractivity contribution in [3.05, 3.63) is 18.7 Å². The van der Waals surface area contributed by atoms with E-state index in [4.69, 9.17) is 5.11 Å². The van der Waals surface area contributed by atoms with Crippen molar-refractivity contribution < 1.29 is 9.90 Å². The molecule has 4 heteroatoms. The van der Waals surface area contributed by atoms with Gasteiger partial charge >= 0.3 is 0 Å². The molecule has 1 N–H and O–H groups in total. The molecule has 0 spiro atoms. The number of rotatable bonds is 1. The third-order valence-corrected chi connectivity index (χ3v) is 1.12. The van der Waals surface area contributed by atoms with Crippen LogP contribution < -0.4 is 0 Å². The van der Waals surface area contributed by atoms with Gasteiger partial charge in [-0.1, -0.05) is 0 Å². The molecule has 0 bridgehead atoms. The van der Waals surface area contributed by atoms with Gasteiger partial charge in [0.1, 0.15) is 12.4 Å². The Hall–Kier alpha value is -1.16. The lowest BCUT2D eigenvalue weighted by atomic mass is 10.4. The van der Waals surface area contributed by atoms with E-state index in [0.29, 0.717) is 0 Å². The van der Waals surface area contributed by atoms with Crippen LogP contribution in [0.1, 0.15) is 11.7 Å². The lowest BCUT2D eigenvalue weighted by Crippen LogP contribution is -2.22. The lowest BCUT2D eigenvalue weighted by Gasteiger charge is -2.01. The van der Waals surface area contributed by atoms with Crippen LogP contribution in [-0.4, -0.2) is 26.7 Å². The largest absolute Gasteiger partial charge is 0.384 e. The van der Waals surface area contributed by atoms with E-state index in [1.54, 1.807) is 0 Å². The Morgan fingerprint density at radius 3 is 2.90 bits per heavy atom. The molecule has 0 radical (unpaired) electrons. The smallest absolute Gasteiger partial charge is 0.260 e. The van der Waals surface area contributed by atoms with Crippen LogP contribution in [0.4, 0.5) is 0 Å². The minimum atomic E-state index is -0.964. The van der Waals surface area contributed by atoms with E-state index in [0.717, 1.165) is 0 Å². The quantitative estimate of drug-likeness (QED) is 0.592. The number of nitrogens with zero attached hydrogens (tertiary/aromatic N) is 2. The van der Waals surface area contributed by atoms with Crippen molar-refractivity contribution in [2.24, 2.45) is 0 Å². The molecule has 1 atom stereocenters. The molecule has 10 heavy (non-hydrogen) atoms. The highest BCUT2D eigenvalue weighted by atomic mass is 16.3. The van der Waals surface area contributed by atoms with E-state index < -0.39 is 6.10 Å². The maximum absolute atomic E-state index is 10.9. The fraction of sp³-hybridized carbons (Fsp3) is 0.333. The van der Waals surface area contributed by atoms with Crippen LogP contribution in [0.3, 0.4) is 0 Å². The second kappa shape index (κ2) is 2.62. The Bertz CT molecular complexity index is 216. The fourth-order valence-corrected chi connectivity index (χ4v) is 0.605. The minimum Gasteiger partial charge on any atom is -0.384 e. The van der Waals surface area contributed by atoms with Crippen LogP contribution in [0, 0.1) is 0 Å². The molecule has 1 aromatic rings. The second-order valence-corrected chi connectivity index (χ2v) is 1.98. The molecule has 0 saturated heterocycles. The molecule has 54 valence electrons. The Labute approximate surface area is 58.1 Å². The normalized spacial score (nSPS) is 13.0. The Balaban J connectivity index is 2.78. The molecule has 0 aliphatic heterocycles. The first-order valence-corrected chi connectivity index (χ1v) is 2.92. The van der Waals surface area contributed by atoms with E-state index in [2.05, 4.69) is 4.98 Å². The molecular formula is C6H8N2O2. The number of aliphatic hydroxyl groups excluding tert-OH is 1. The average Bonchev–Trinajstić information content (AvgIpc) is 2.36. The molecule has 0 aliphatic carbocycles. The number of hydrogen-bond acceptors (Lipinski definition) is 3. The predicted molar refractivity (Wildman–Crippen MR) is 34.5 cm³/mol. The van der Waals surface area contributed by atoms with Crippen LogP contribution >= 0.6 is 0 Å². The topological polar surface area (TPSA) is 55.1 Å². The molecule has 1 rings (SSSR count). The van der Waals surface area contributed by atoms with Gasteiger partial charge in [0.05, 0.1) is 0 Å². The summed E-state index contributed by atoms with van der Waals surface area (Å²) < 4.78 is 1.24. The zero-order chi connectivity index (χ0) is 7.56. The van der Waals surface area contributed by atoms with Crippen molar-refractivity contribution in [3.8, 4) is 0 Å². The summed E-state index contributed by atoms with van der Waals surface area (Å²) in [7, 11) is 0. The summed E-state index contributed by atoms with van der Waals surface area (Å²) >= 11 is 0. The van der Waals surface area contributed by atoms with Gasteiger partial charge in [0.15, 0.2) is 0 Å². The van der Waals surface area contributed by atoms with Gasteiger partial charge in [0.2, 0.25) is 0 Å². The molecule has 0 aromatic carbocycles. The summed E-state index contributed by atoms with van der Waals surface area (Å²) in [6.07, 6.45) is 3.37. The van der Waals surface area contributed by atoms with E-state index in [1.165, 1.54) is 30.2 Å². The van der Waals surface area contributed by atoms with Gasteiger partial charge in [-0.3, -0.25) is 9.36 Å². The predicted octanol–water partition coefficient (Wildman–Crippen LogP) is -0.0959. The summed E-state index contributed by atoms with van der Waals surface area (Å²) in [6, 6.07) is 0. The van der Waals surface area contributed by atoms with Crippen LogP contribution in [-0.2, 0) is 0 Å². The molecule has 1 heterocycles. The first kappa shape index (κ1) is 6.95. The van der Waals surface area contributed by atoms with Crippen molar-refractivity contribution in [1.82, 2.24) is 9.55 Å². The Morgan fingerprint density at radius 1 is 1.80 bits per heavy atom.